The summed E-state index contributed by atoms with van der Waals surface area (Å²) >= 11 is 0. The quantitative estimate of drug-likeness (QED) is 0.435. The van der Waals surface area contributed by atoms with Gasteiger partial charge in [-0.1, -0.05) is 19.8 Å². The van der Waals surface area contributed by atoms with Gasteiger partial charge in [0, 0.05) is 32.3 Å². The van der Waals surface area contributed by atoms with E-state index < -0.39 is 0 Å². The number of hydrogen-bond acceptors (Lipinski definition) is 1. The van der Waals surface area contributed by atoms with Crippen LogP contribution in [0.15, 0.2) is 0 Å². The van der Waals surface area contributed by atoms with Crippen LogP contribution in [0.2, 0.25) is 0 Å². The number of carbonyl (C=O) groups is 1. The first kappa shape index (κ1) is 11.4. The normalized spacial score (nSPS) is 7.62. The van der Waals surface area contributed by atoms with Gasteiger partial charge in [0.15, 0.2) is 0 Å². The molecule has 0 aromatic carbocycles. The van der Waals surface area contributed by atoms with E-state index in [1.807, 2.05) is 0 Å². The van der Waals surface area contributed by atoms with Crippen molar-refractivity contribution in [2.75, 3.05) is 0 Å². The van der Waals surface area contributed by atoms with Crippen LogP contribution in [0.25, 0.3) is 0 Å². The zero-order chi connectivity index (χ0) is 5.54. The summed E-state index contributed by atoms with van der Waals surface area (Å²) in [5, 5.41) is 0. The fourth-order valence-electron chi connectivity index (χ4n) is 0.478. The van der Waals surface area contributed by atoms with Gasteiger partial charge in [0.05, 0.1) is 0 Å². The van der Waals surface area contributed by atoms with Crippen LogP contribution in [0.3, 0.4) is 0 Å². The van der Waals surface area contributed by atoms with Crippen molar-refractivity contribution in [2.45, 2.75) is 32.6 Å². The molecule has 0 atom stereocenters. The SMILES string of the molecule is CCCCCC=O.[Hf]. The number of hydrogen-bond donors (Lipinski definition) is 0. The van der Waals surface area contributed by atoms with Crippen LogP contribution in [-0.4, -0.2) is 6.29 Å². The summed E-state index contributed by atoms with van der Waals surface area (Å²) in [6, 6.07) is 0. The molecule has 1 nitrogen and oxygen atoms in total. The van der Waals surface area contributed by atoms with Crippen LogP contribution in [0.1, 0.15) is 32.6 Å². The van der Waals surface area contributed by atoms with Gasteiger partial charge in [0.1, 0.15) is 6.29 Å². The third-order valence-electron chi connectivity index (χ3n) is 0.926. The van der Waals surface area contributed by atoms with Crippen LogP contribution >= 0.6 is 0 Å². The van der Waals surface area contributed by atoms with Crippen LogP contribution in [0, 0.1) is 0 Å². The summed E-state index contributed by atoms with van der Waals surface area (Å²) in [4.78, 5) is 9.68. The first-order valence-corrected chi connectivity index (χ1v) is 2.85. The Morgan fingerprint density at radius 2 is 2.00 bits per heavy atom. The van der Waals surface area contributed by atoms with Crippen molar-refractivity contribution < 1.29 is 30.6 Å². The fourth-order valence-corrected chi connectivity index (χ4v) is 0.478. The molecule has 0 spiro atoms. The first-order chi connectivity index (χ1) is 3.41. The molecule has 0 bridgehead atoms. The molecule has 8 heavy (non-hydrogen) atoms. The number of aldehydes is 1. The van der Waals surface area contributed by atoms with E-state index in [0.717, 1.165) is 19.1 Å². The van der Waals surface area contributed by atoms with E-state index in [-0.39, 0.29) is 25.8 Å². The van der Waals surface area contributed by atoms with E-state index in [0.29, 0.717) is 0 Å². The zero-order valence-electron chi connectivity index (χ0n) is 5.31. The minimum atomic E-state index is 0. The van der Waals surface area contributed by atoms with Crippen molar-refractivity contribution in [1.82, 2.24) is 0 Å². The average molecular weight is 279 g/mol. The van der Waals surface area contributed by atoms with Gasteiger partial charge in [-0.2, -0.15) is 0 Å². The largest absolute Gasteiger partial charge is 0.303 e. The van der Waals surface area contributed by atoms with Gasteiger partial charge in [-0.3, -0.25) is 0 Å². The van der Waals surface area contributed by atoms with E-state index in [9.17, 15) is 4.79 Å². The third kappa shape index (κ3) is 9.74. The Bertz CT molecular complexity index is 45.8. The molecule has 0 aliphatic heterocycles. The summed E-state index contributed by atoms with van der Waals surface area (Å²) in [7, 11) is 0. The monoisotopic (exact) mass is 280 g/mol. The molecule has 2 heteroatoms. The maximum Gasteiger partial charge on any atom is 0.119 e. The molecule has 0 aromatic heterocycles. The Morgan fingerprint density at radius 3 is 2.38 bits per heavy atom. The minimum Gasteiger partial charge on any atom is -0.303 e. The Labute approximate surface area is 69.6 Å². The molecular formula is C6H12HfO. The predicted octanol–water partition coefficient (Wildman–Crippen LogP) is 1.76. The molecule has 0 saturated heterocycles. The van der Waals surface area contributed by atoms with Gasteiger partial charge in [0.25, 0.3) is 0 Å². The summed E-state index contributed by atoms with van der Waals surface area (Å²) in [6.45, 7) is 2.13. The molecule has 0 N–H and O–H groups in total. The van der Waals surface area contributed by atoms with Gasteiger partial charge < -0.3 is 4.79 Å². The molecule has 0 heterocycles. The van der Waals surface area contributed by atoms with E-state index in [4.69, 9.17) is 0 Å². The molecule has 0 rings (SSSR count). The maximum absolute atomic E-state index is 9.68. The summed E-state index contributed by atoms with van der Waals surface area (Å²) in [5.41, 5.74) is 0. The van der Waals surface area contributed by atoms with E-state index in [1.54, 1.807) is 0 Å². The number of rotatable bonds is 4. The topological polar surface area (TPSA) is 17.1 Å². The minimum absolute atomic E-state index is 0. The molecule has 46 valence electrons. The second-order valence-corrected chi connectivity index (χ2v) is 1.66. The standard InChI is InChI=1S/C6H12O.Hf/c1-2-3-4-5-6-7;/h6H,2-5H2,1H3;. The second-order valence-electron chi connectivity index (χ2n) is 1.66. The Balaban J connectivity index is 0. The van der Waals surface area contributed by atoms with Crippen molar-refractivity contribution in [3.63, 3.8) is 0 Å². The summed E-state index contributed by atoms with van der Waals surface area (Å²) in [5.74, 6) is 0. The summed E-state index contributed by atoms with van der Waals surface area (Å²) in [6.07, 6.45) is 5.19. The molecule has 0 amide bonds. The van der Waals surface area contributed by atoms with Crippen molar-refractivity contribution in [3.8, 4) is 0 Å². The zero-order valence-corrected chi connectivity index (χ0v) is 8.91. The van der Waals surface area contributed by atoms with Crippen LogP contribution in [0.5, 0.6) is 0 Å². The molecule has 0 aliphatic rings. The average Bonchev–Trinajstić information content (AvgIpc) is 1.69. The van der Waals surface area contributed by atoms with Crippen LogP contribution < -0.4 is 0 Å². The molecule has 0 saturated carbocycles. The molecule has 0 aromatic rings. The Kier molecular flexibility index (Phi) is 14.9. The van der Waals surface area contributed by atoms with Gasteiger partial charge in [-0.15, -0.1) is 0 Å². The van der Waals surface area contributed by atoms with Gasteiger partial charge >= 0.3 is 0 Å². The van der Waals surface area contributed by atoms with Crippen molar-refractivity contribution >= 4 is 6.29 Å². The molecule has 0 unspecified atom stereocenters. The first-order valence-electron chi connectivity index (χ1n) is 2.85. The molecule has 0 aliphatic carbocycles. The van der Waals surface area contributed by atoms with E-state index in [2.05, 4.69) is 6.92 Å². The predicted molar refractivity (Wildman–Crippen MR) is 30.2 cm³/mol. The van der Waals surface area contributed by atoms with E-state index in [1.165, 1.54) is 12.8 Å². The van der Waals surface area contributed by atoms with Crippen molar-refractivity contribution in [3.05, 3.63) is 0 Å². The maximum atomic E-state index is 9.68. The number of carbonyl (C=O) groups excluding carboxylic acids is 1. The van der Waals surface area contributed by atoms with Crippen LogP contribution in [0.4, 0.5) is 0 Å². The summed E-state index contributed by atoms with van der Waals surface area (Å²) < 4.78 is 0. The second kappa shape index (κ2) is 10.5. The van der Waals surface area contributed by atoms with Gasteiger partial charge in [-0.25, -0.2) is 0 Å². The van der Waals surface area contributed by atoms with Crippen molar-refractivity contribution in [2.24, 2.45) is 0 Å². The molecular weight excluding hydrogens is 267 g/mol. The Hall–Kier alpha value is 0.540. The molecule has 0 fully saturated rings. The number of unbranched alkanes of at least 4 members (excludes halogenated alkanes) is 3. The Morgan fingerprint density at radius 1 is 1.38 bits per heavy atom. The van der Waals surface area contributed by atoms with Gasteiger partial charge in [-0.05, 0) is 6.42 Å². The molecule has 0 radical (unpaired) electrons. The van der Waals surface area contributed by atoms with Gasteiger partial charge in [0.2, 0.25) is 0 Å². The smallest absolute Gasteiger partial charge is 0.119 e. The van der Waals surface area contributed by atoms with E-state index >= 15 is 0 Å². The van der Waals surface area contributed by atoms with Crippen LogP contribution in [-0.2, 0) is 30.6 Å². The van der Waals surface area contributed by atoms with Crippen molar-refractivity contribution in [1.29, 1.82) is 0 Å². The fraction of sp³-hybridized carbons (Fsp3) is 0.833. The third-order valence-corrected chi connectivity index (χ3v) is 0.926.